The van der Waals surface area contributed by atoms with Gasteiger partial charge in [0.2, 0.25) is 5.91 Å². The Hall–Kier alpha value is -2.29. The van der Waals surface area contributed by atoms with Crippen LogP contribution in [0.15, 0.2) is 48.6 Å². The van der Waals surface area contributed by atoms with E-state index in [1.54, 1.807) is 29.2 Å². The molecule has 5 atom stereocenters. The summed E-state index contributed by atoms with van der Waals surface area (Å²) in [6.07, 6.45) is 9.41. The van der Waals surface area contributed by atoms with Gasteiger partial charge in [-0.1, -0.05) is 35.9 Å². The largest absolute Gasteiger partial charge is 0.465 e. The van der Waals surface area contributed by atoms with Crippen LogP contribution in [0.1, 0.15) is 12.8 Å². The molecule has 2 saturated heterocycles. The third-order valence-corrected chi connectivity index (χ3v) is 8.83. The number of aliphatic hydroxyl groups excluding tert-OH is 1. The van der Waals surface area contributed by atoms with Gasteiger partial charge in [-0.15, -0.1) is 11.8 Å². The van der Waals surface area contributed by atoms with E-state index in [0.717, 1.165) is 12.8 Å². The quantitative estimate of drug-likeness (QED) is 0.519. The van der Waals surface area contributed by atoms with E-state index < -0.39 is 28.6 Å². The van der Waals surface area contributed by atoms with E-state index in [0.29, 0.717) is 23.9 Å². The molecule has 4 aliphatic rings. The second kappa shape index (κ2) is 8.81. The second-order valence-electron chi connectivity index (χ2n) is 8.66. The van der Waals surface area contributed by atoms with E-state index in [1.807, 2.05) is 24.3 Å². The summed E-state index contributed by atoms with van der Waals surface area (Å²) in [7, 11) is 0. The van der Waals surface area contributed by atoms with E-state index in [4.69, 9.17) is 16.3 Å². The Morgan fingerprint density at radius 1 is 1.15 bits per heavy atom. The first-order valence-corrected chi connectivity index (χ1v) is 12.4. The fraction of sp³-hybridized carbons (Fsp3) is 0.458. The van der Waals surface area contributed by atoms with Crippen molar-refractivity contribution in [2.24, 2.45) is 11.8 Å². The maximum atomic E-state index is 14.0. The standard InChI is InChI=1S/C24H25ClN2O5S/c25-15-6-8-16(9-7-15)26-11-4-10-24-19(21(29)27(12-13-28)20(24)22(26)30)18-17(33-24)5-2-1-3-14-32-23(18)31/h2,4-10,17-20,28H,1,3,11-14H2/b5-2-/t17-,18+,19-,20?,24-/m0/s1. The highest BCUT2D eigenvalue weighted by atomic mass is 35.5. The number of ether oxygens (including phenoxy) is 1. The molecule has 7 nitrogen and oxygen atoms in total. The highest BCUT2D eigenvalue weighted by Gasteiger charge is 2.70. The number of allylic oxidation sites excluding steroid dienone is 1. The Bertz CT molecular complexity index is 1030. The van der Waals surface area contributed by atoms with Crippen LogP contribution in [-0.4, -0.2) is 70.1 Å². The number of carbonyl (C=O) groups excluding carboxylic acids is 3. The molecule has 1 spiro atoms. The van der Waals surface area contributed by atoms with Gasteiger partial charge in [0.15, 0.2) is 0 Å². The molecule has 0 radical (unpaired) electrons. The van der Waals surface area contributed by atoms with Crippen molar-refractivity contribution < 1.29 is 24.2 Å². The highest BCUT2D eigenvalue weighted by Crippen LogP contribution is 2.60. The number of aliphatic hydroxyl groups is 1. The lowest BCUT2D eigenvalue weighted by Crippen LogP contribution is -2.53. The number of rotatable bonds is 3. The fourth-order valence-corrected chi connectivity index (χ4v) is 7.58. The number of esters is 1. The molecule has 9 heteroatoms. The minimum absolute atomic E-state index is 0.0264. The van der Waals surface area contributed by atoms with Crippen LogP contribution < -0.4 is 4.90 Å². The molecule has 33 heavy (non-hydrogen) atoms. The summed E-state index contributed by atoms with van der Waals surface area (Å²) >= 11 is 7.53. The van der Waals surface area contributed by atoms with Gasteiger partial charge < -0.3 is 19.6 Å². The van der Waals surface area contributed by atoms with Gasteiger partial charge in [0.25, 0.3) is 5.91 Å². The van der Waals surface area contributed by atoms with Crippen LogP contribution in [0.3, 0.4) is 0 Å². The number of thioether (sulfide) groups is 1. The first-order valence-electron chi connectivity index (χ1n) is 11.1. The number of hydrogen-bond donors (Lipinski definition) is 1. The molecule has 0 saturated carbocycles. The number of anilines is 1. The van der Waals surface area contributed by atoms with E-state index in [9.17, 15) is 19.5 Å². The molecule has 1 aromatic rings. The molecule has 0 aliphatic carbocycles. The van der Waals surface area contributed by atoms with Crippen LogP contribution >= 0.6 is 23.4 Å². The number of hydrogen-bond acceptors (Lipinski definition) is 6. The number of likely N-dealkylation sites (tertiary alicyclic amines) is 1. The maximum absolute atomic E-state index is 14.0. The van der Waals surface area contributed by atoms with Crippen molar-refractivity contribution in [1.29, 1.82) is 0 Å². The molecule has 174 valence electrons. The maximum Gasteiger partial charge on any atom is 0.311 e. The van der Waals surface area contributed by atoms with E-state index in [1.165, 1.54) is 16.7 Å². The molecule has 1 unspecified atom stereocenters. The van der Waals surface area contributed by atoms with Gasteiger partial charge in [0.1, 0.15) is 6.04 Å². The predicted molar refractivity (Wildman–Crippen MR) is 126 cm³/mol. The molecule has 0 bridgehead atoms. The van der Waals surface area contributed by atoms with Gasteiger partial charge in [0.05, 0.1) is 29.8 Å². The number of cyclic esters (lactones) is 1. The number of halogens is 1. The molecule has 5 rings (SSSR count). The first kappa shape index (κ1) is 22.5. The number of amides is 2. The van der Waals surface area contributed by atoms with Crippen LogP contribution in [0.2, 0.25) is 5.02 Å². The minimum atomic E-state index is -0.914. The van der Waals surface area contributed by atoms with Gasteiger partial charge >= 0.3 is 5.97 Å². The normalized spacial score (nSPS) is 34.5. The molecule has 1 aromatic carbocycles. The smallest absolute Gasteiger partial charge is 0.311 e. The summed E-state index contributed by atoms with van der Waals surface area (Å²) in [5.74, 6) is -2.32. The summed E-state index contributed by atoms with van der Waals surface area (Å²) < 4.78 is 4.61. The molecule has 2 amide bonds. The monoisotopic (exact) mass is 488 g/mol. The van der Waals surface area contributed by atoms with Crippen LogP contribution in [0.5, 0.6) is 0 Å². The summed E-state index contributed by atoms with van der Waals surface area (Å²) in [6, 6.07) is 6.15. The lowest BCUT2D eigenvalue weighted by molar-refractivity contribution is -0.153. The molecule has 1 N–H and O–H groups in total. The third kappa shape index (κ3) is 3.59. The molecule has 2 fully saturated rings. The molecular formula is C24H25ClN2O5S. The Balaban J connectivity index is 1.60. The molecular weight excluding hydrogens is 464 g/mol. The summed E-state index contributed by atoms with van der Waals surface area (Å²) in [4.78, 5) is 43.9. The Morgan fingerprint density at radius 2 is 1.94 bits per heavy atom. The topological polar surface area (TPSA) is 87.2 Å². The SMILES string of the molecule is O=C1OCCC/C=C\[C@@H]2S[C@]34C=CCN(c5ccc(Cl)cc5)C(=O)C3N(CCO)C(=O)[C@@H]4[C@H]12. The Labute approximate surface area is 201 Å². The van der Waals surface area contributed by atoms with Crippen molar-refractivity contribution in [1.82, 2.24) is 4.90 Å². The Kier molecular flexibility index (Phi) is 6.01. The molecule has 4 heterocycles. The van der Waals surface area contributed by atoms with Crippen molar-refractivity contribution in [2.75, 3.05) is 31.2 Å². The molecule has 4 aliphatic heterocycles. The lowest BCUT2D eigenvalue weighted by Gasteiger charge is -2.35. The number of benzene rings is 1. The summed E-state index contributed by atoms with van der Waals surface area (Å²) in [6.45, 7) is 0.404. The number of nitrogens with zero attached hydrogens (tertiary/aromatic N) is 2. The average Bonchev–Trinajstić information content (AvgIpc) is 3.20. The van der Waals surface area contributed by atoms with Gasteiger partial charge in [-0.2, -0.15) is 0 Å². The van der Waals surface area contributed by atoms with E-state index in [-0.39, 0.29) is 30.2 Å². The minimum Gasteiger partial charge on any atom is -0.465 e. The zero-order valence-corrected chi connectivity index (χ0v) is 19.5. The van der Waals surface area contributed by atoms with Gasteiger partial charge in [-0.25, -0.2) is 0 Å². The van der Waals surface area contributed by atoms with Gasteiger partial charge in [0, 0.05) is 29.0 Å². The van der Waals surface area contributed by atoms with Crippen molar-refractivity contribution >= 4 is 46.8 Å². The van der Waals surface area contributed by atoms with Gasteiger partial charge in [-0.3, -0.25) is 14.4 Å². The van der Waals surface area contributed by atoms with Crippen molar-refractivity contribution in [2.45, 2.75) is 28.9 Å². The fourth-order valence-electron chi connectivity index (χ4n) is 5.45. The van der Waals surface area contributed by atoms with Crippen molar-refractivity contribution in [3.8, 4) is 0 Å². The first-order chi connectivity index (χ1) is 16.0. The van der Waals surface area contributed by atoms with Crippen LogP contribution in [0.25, 0.3) is 0 Å². The Morgan fingerprint density at radius 3 is 2.70 bits per heavy atom. The van der Waals surface area contributed by atoms with Crippen molar-refractivity contribution in [3.05, 3.63) is 53.6 Å². The zero-order chi connectivity index (χ0) is 23.2. The summed E-state index contributed by atoms with van der Waals surface area (Å²) in [5, 5.41) is 10.0. The van der Waals surface area contributed by atoms with Crippen molar-refractivity contribution in [3.63, 3.8) is 0 Å². The van der Waals surface area contributed by atoms with Crippen LogP contribution in [0, 0.1) is 11.8 Å². The van der Waals surface area contributed by atoms with Crippen LogP contribution in [0.4, 0.5) is 5.69 Å². The predicted octanol–water partition coefficient (Wildman–Crippen LogP) is 2.43. The second-order valence-corrected chi connectivity index (χ2v) is 10.6. The van der Waals surface area contributed by atoms with Crippen LogP contribution in [-0.2, 0) is 19.1 Å². The summed E-state index contributed by atoms with van der Waals surface area (Å²) in [5.41, 5.74) is 0.677. The number of fused-ring (bicyclic) bond motifs is 2. The number of β-amino-alcohol motifs (C(OH)–C–C–N with tert-alkyl or cyclic N) is 1. The lowest BCUT2D eigenvalue weighted by atomic mass is 9.78. The highest BCUT2D eigenvalue weighted by molar-refractivity contribution is 8.02. The van der Waals surface area contributed by atoms with Gasteiger partial charge in [-0.05, 0) is 37.1 Å². The van der Waals surface area contributed by atoms with E-state index >= 15 is 0 Å². The number of carbonyl (C=O) groups is 3. The van der Waals surface area contributed by atoms with E-state index in [2.05, 4.69) is 0 Å². The third-order valence-electron chi connectivity index (χ3n) is 6.83. The zero-order valence-electron chi connectivity index (χ0n) is 17.9. The average molecular weight is 489 g/mol. The molecule has 0 aromatic heterocycles.